The molecule has 0 aromatic heterocycles. The van der Waals surface area contributed by atoms with E-state index in [9.17, 15) is 5.11 Å². The standard InChI is InChI=1S/C12H23NO2/c1-13(7-10-3-2-4-10)8-12(14)11-5-6-15-9-11/h10-12,14H,2-9H2,1H3. The van der Waals surface area contributed by atoms with Crippen molar-refractivity contribution in [1.29, 1.82) is 0 Å². The number of hydrogen-bond acceptors (Lipinski definition) is 3. The van der Waals surface area contributed by atoms with Gasteiger partial charge in [0.1, 0.15) is 0 Å². The third kappa shape index (κ3) is 3.16. The normalized spacial score (nSPS) is 29.4. The Hall–Kier alpha value is -0.120. The molecule has 3 nitrogen and oxygen atoms in total. The lowest BCUT2D eigenvalue weighted by Gasteiger charge is -2.31. The second kappa shape index (κ2) is 5.28. The molecule has 0 aromatic carbocycles. The third-order valence-corrected chi connectivity index (χ3v) is 3.80. The van der Waals surface area contributed by atoms with Crippen LogP contribution in [0.2, 0.25) is 0 Å². The molecule has 1 aliphatic carbocycles. The van der Waals surface area contributed by atoms with Gasteiger partial charge in [0.05, 0.1) is 12.7 Å². The van der Waals surface area contributed by atoms with Crippen molar-refractivity contribution in [3.8, 4) is 0 Å². The Morgan fingerprint density at radius 1 is 1.40 bits per heavy atom. The summed E-state index contributed by atoms with van der Waals surface area (Å²) in [6.07, 6.45) is 4.99. The zero-order valence-corrected chi connectivity index (χ0v) is 9.69. The summed E-state index contributed by atoms with van der Waals surface area (Å²) in [5, 5.41) is 10.0. The molecule has 2 fully saturated rings. The molecular weight excluding hydrogens is 190 g/mol. The predicted molar refractivity (Wildman–Crippen MR) is 59.8 cm³/mol. The molecule has 3 heteroatoms. The van der Waals surface area contributed by atoms with Crippen LogP contribution < -0.4 is 0 Å². The SMILES string of the molecule is CN(CC1CCC1)CC(O)C1CCOC1. The van der Waals surface area contributed by atoms with Crippen molar-refractivity contribution in [2.24, 2.45) is 11.8 Å². The maximum atomic E-state index is 10.0. The fourth-order valence-electron chi connectivity index (χ4n) is 2.52. The van der Waals surface area contributed by atoms with Gasteiger partial charge in [-0.2, -0.15) is 0 Å². The lowest BCUT2D eigenvalue weighted by Crippen LogP contribution is -2.38. The topological polar surface area (TPSA) is 32.7 Å². The Bertz CT molecular complexity index is 188. The molecule has 0 spiro atoms. The van der Waals surface area contributed by atoms with Crippen LogP contribution in [-0.2, 0) is 4.74 Å². The predicted octanol–water partition coefficient (Wildman–Crippen LogP) is 1.12. The van der Waals surface area contributed by atoms with E-state index in [0.717, 1.165) is 38.6 Å². The minimum absolute atomic E-state index is 0.197. The van der Waals surface area contributed by atoms with Gasteiger partial charge < -0.3 is 14.7 Å². The van der Waals surface area contributed by atoms with Gasteiger partial charge in [-0.15, -0.1) is 0 Å². The van der Waals surface area contributed by atoms with Crippen LogP contribution >= 0.6 is 0 Å². The number of aliphatic hydroxyl groups excluding tert-OH is 1. The minimum atomic E-state index is -0.197. The number of rotatable bonds is 5. The van der Waals surface area contributed by atoms with Gasteiger partial charge in [-0.05, 0) is 32.2 Å². The van der Waals surface area contributed by atoms with E-state index >= 15 is 0 Å². The summed E-state index contributed by atoms with van der Waals surface area (Å²) in [5.41, 5.74) is 0. The molecule has 15 heavy (non-hydrogen) atoms. The summed E-state index contributed by atoms with van der Waals surface area (Å²) in [6, 6.07) is 0. The molecule has 2 unspecified atom stereocenters. The van der Waals surface area contributed by atoms with Crippen molar-refractivity contribution in [2.75, 3.05) is 33.4 Å². The maximum absolute atomic E-state index is 10.0. The van der Waals surface area contributed by atoms with Gasteiger partial charge in [0.25, 0.3) is 0 Å². The quantitative estimate of drug-likeness (QED) is 0.743. The summed E-state index contributed by atoms with van der Waals surface area (Å²) in [6.45, 7) is 3.54. The first-order chi connectivity index (χ1) is 7.25. The average molecular weight is 213 g/mol. The number of hydrogen-bond donors (Lipinski definition) is 1. The van der Waals surface area contributed by atoms with Crippen molar-refractivity contribution in [3.63, 3.8) is 0 Å². The van der Waals surface area contributed by atoms with Crippen molar-refractivity contribution < 1.29 is 9.84 Å². The van der Waals surface area contributed by atoms with Gasteiger partial charge in [0.2, 0.25) is 0 Å². The van der Waals surface area contributed by atoms with Crippen LogP contribution in [0.15, 0.2) is 0 Å². The highest BCUT2D eigenvalue weighted by molar-refractivity contribution is 4.78. The smallest absolute Gasteiger partial charge is 0.0717 e. The van der Waals surface area contributed by atoms with Crippen LogP contribution in [0, 0.1) is 11.8 Å². The summed E-state index contributed by atoms with van der Waals surface area (Å²) in [5.74, 6) is 1.26. The monoisotopic (exact) mass is 213 g/mol. The van der Waals surface area contributed by atoms with E-state index in [4.69, 9.17) is 4.74 Å². The molecule has 1 N–H and O–H groups in total. The summed E-state index contributed by atoms with van der Waals surface area (Å²) >= 11 is 0. The van der Waals surface area contributed by atoms with Crippen LogP contribution in [0.25, 0.3) is 0 Å². The van der Waals surface area contributed by atoms with Crippen molar-refractivity contribution in [3.05, 3.63) is 0 Å². The number of likely N-dealkylation sites (N-methyl/N-ethyl adjacent to an activating group) is 1. The third-order valence-electron chi connectivity index (χ3n) is 3.80. The molecule has 2 aliphatic rings. The van der Waals surface area contributed by atoms with Gasteiger partial charge in [-0.25, -0.2) is 0 Å². The Kier molecular flexibility index (Phi) is 4.00. The lowest BCUT2D eigenvalue weighted by atomic mass is 9.85. The highest BCUT2D eigenvalue weighted by Gasteiger charge is 2.26. The highest BCUT2D eigenvalue weighted by atomic mass is 16.5. The van der Waals surface area contributed by atoms with Crippen molar-refractivity contribution in [1.82, 2.24) is 4.90 Å². The largest absolute Gasteiger partial charge is 0.391 e. The Morgan fingerprint density at radius 3 is 2.73 bits per heavy atom. The van der Waals surface area contributed by atoms with Crippen molar-refractivity contribution >= 4 is 0 Å². The van der Waals surface area contributed by atoms with E-state index in [1.165, 1.54) is 19.3 Å². The molecule has 0 amide bonds. The zero-order valence-electron chi connectivity index (χ0n) is 9.69. The van der Waals surface area contributed by atoms with E-state index in [0.29, 0.717) is 5.92 Å². The fourth-order valence-corrected chi connectivity index (χ4v) is 2.52. The maximum Gasteiger partial charge on any atom is 0.0717 e. The first-order valence-electron chi connectivity index (χ1n) is 6.20. The minimum Gasteiger partial charge on any atom is -0.391 e. The molecule has 1 aliphatic heterocycles. The average Bonchev–Trinajstić information content (AvgIpc) is 2.64. The van der Waals surface area contributed by atoms with Crippen LogP contribution in [0.5, 0.6) is 0 Å². The molecule has 1 heterocycles. The van der Waals surface area contributed by atoms with Crippen LogP contribution in [0.4, 0.5) is 0 Å². The lowest BCUT2D eigenvalue weighted by molar-refractivity contribution is 0.0547. The van der Waals surface area contributed by atoms with Gasteiger partial charge in [0.15, 0.2) is 0 Å². The first-order valence-corrected chi connectivity index (χ1v) is 6.20. The number of nitrogens with zero attached hydrogens (tertiary/aromatic N) is 1. The zero-order chi connectivity index (χ0) is 10.7. The first kappa shape index (κ1) is 11.4. The van der Waals surface area contributed by atoms with Gasteiger partial charge in [-0.3, -0.25) is 0 Å². The molecule has 88 valence electrons. The van der Waals surface area contributed by atoms with Gasteiger partial charge in [0, 0.05) is 25.6 Å². The van der Waals surface area contributed by atoms with E-state index in [1.807, 2.05) is 0 Å². The van der Waals surface area contributed by atoms with Crippen LogP contribution in [0.1, 0.15) is 25.7 Å². The summed E-state index contributed by atoms with van der Waals surface area (Å²) in [4.78, 5) is 2.28. The van der Waals surface area contributed by atoms with E-state index in [2.05, 4.69) is 11.9 Å². The second-order valence-electron chi connectivity index (χ2n) is 5.21. The fraction of sp³-hybridized carbons (Fsp3) is 1.00. The molecule has 1 saturated carbocycles. The summed E-state index contributed by atoms with van der Waals surface area (Å²) in [7, 11) is 2.12. The van der Waals surface area contributed by atoms with E-state index in [-0.39, 0.29) is 6.10 Å². The van der Waals surface area contributed by atoms with Crippen molar-refractivity contribution in [2.45, 2.75) is 31.8 Å². The van der Waals surface area contributed by atoms with E-state index in [1.54, 1.807) is 0 Å². The highest BCUT2D eigenvalue weighted by Crippen LogP contribution is 2.27. The van der Waals surface area contributed by atoms with Crippen LogP contribution in [-0.4, -0.2) is 49.5 Å². The molecule has 0 bridgehead atoms. The summed E-state index contributed by atoms with van der Waals surface area (Å²) < 4.78 is 5.29. The molecular formula is C12H23NO2. The van der Waals surface area contributed by atoms with Gasteiger partial charge >= 0.3 is 0 Å². The number of aliphatic hydroxyl groups is 1. The molecule has 0 radical (unpaired) electrons. The molecule has 2 rings (SSSR count). The Morgan fingerprint density at radius 2 is 2.20 bits per heavy atom. The Labute approximate surface area is 92.4 Å². The van der Waals surface area contributed by atoms with Gasteiger partial charge in [-0.1, -0.05) is 6.42 Å². The number of ether oxygens (including phenoxy) is 1. The molecule has 1 saturated heterocycles. The molecule has 2 atom stereocenters. The van der Waals surface area contributed by atoms with E-state index < -0.39 is 0 Å². The van der Waals surface area contributed by atoms with Crippen LogP contribution in [0.3, 0.4) is 0 Å². The Balaban J connectivity index is 1.65. The second-order valence-corrected chi connectivity index (χ2v) is 5.21. The molecule has 0 aromatic rings.